The lowest BCUT2D eigenvalue weighted by Gasteiger charge is -2.05. The van der Waals surface area contributed by atoms with E-state index < -0.39 is 5.91 Å². The van der Waals surface area contributed by atoms with Crippen molar-refractivity contribution in [1.29, 1.82) is 0 Å². The van der Waals surface area contributed by atoms with Gasteiger partial charge in [-0.15, -0.1) is 0 Å². The molecule has 2 N–H and O–H groups in total. The molecule has 0 fully saturated rings. The summed E-state index contributed by atoms with van der Waals surface area (Å²) in [5, 5.41) is 0. The van der Waals surface area contributed by atoms with Crippen molar-refractivity contribution >= 4 is 17.9 Å². The van der Waals surface area contributed by atoms with Gasteiger partial charge in [0.05, 0.1) is 13.5 Å². The van der Waals surface area contributed by atoms with Crippen LogP contribution >= 0.6 is 0 Å². The summed E-state index contributed by atoms with van der Waals surface area (Å²) in [5.74, 6) is 0.0253. The summed E-state index contributed by atoms with van der Waals surface area (Å²) >= 11 is 0. The minimum Gasteiger partial charge on any atom is -0.497 e. The molecule has 0 aliphatic heterocycles. The molecule has 0 spiro atoms. The fourth-order valence-corrected chi connectivity index (χ4v) is 1.92. The average molecular weight is 310 g/mol. The zero-order chi connectivity index (χ0) is 16.5. The highest BCUT2D eigenvalue weighted by molar-refractivity contribution is 5.93. The summed E-state index contributed by atoms with van der Waals surface area (Å²) in [7, 11) is 1.58. The first-order valence-electron chi connectivity index (χ1n) is 7.12. The van der Waals surface area contributed by atoms with Crippen LogP contribution in [0.25, 0.3) is 6.08 Å². The van der Waals surface area contributed by atoms with Crippen LogP contribution in [-0.2, 0) is 16.0 Å². The SMILES string of the molecule is COc1cccc(/C=C/C(=O)NNC(=O)Cc2ccccc2)c1. The molecule has 2 aromatic carbocycles. The Morgan fingerprint density at radius 1 is 1.04 bits per heavy atom. The van der Waals surface area contributed by atoms with Crippen molar-refractivity contribution in [3.05, 3.63) is 71.8 Å². The van der Waals surface area contributed by atoms with E-state index in [1.54, 1.807) is 19.3 Å². The Morgan fingerprint density at radius 3 is 2.57 bits per heavy atom. The maximum absolute atomic E-state index is 11.7. The maximum Gasteiger partial charge on any atom is 0.262 e. The number of rotatable bonds is 5. The third kappa shape index (κ3) is 5.67. The first kappa shape index (κ1) is 16.3. The van der Waals surface area contributed by atoms with Crippen LogP contribution in [-0.4, -0.2) is 18.9 Å². The fourth-order valence-electron chi connectivity index (χ4n) is 1.92. The van der Waals surface area contributed by atoms with Crippen LogP contribution < -0.4 is 15.6 Å². The Bertz CT molecular complexity index is 696. The molecule has 0 aromatic heterocycles. The predicted molar refractivity (Wildman–Crippen MR) is 88.5 cm³/mol. The van der Waals surface area contributed by atoms with E-state index in [0.29, 0.717) is 5.75 Å². The molecule has 0 saturated heterocycles. The highest BCUT2D eigenvalue weighted by Gasteiger charge is 2.03. The van der Waals surface area contributed by atoms with Crippen LogP contribution in [0.15, 0.2) is 60.7 Å². The van der Waals surface area contributed by atoms with Gasteiger partial charge in [-0.25, -0.2) is 0 Å². The van der Waals surface area contributed by atoms with Crippen molar-refractivity contribution in [2.75, 3.05) is 7.11 Å². The van der Waals surface area contributed by atoms with E-state index >= 15 is 0 Å². The maximum atomic E-state index is 11.7. The molecule has 0 saturated carbocycles. The molecule has 118 valence electrons. The summed E-state index contributed by atoms with van der Waals surface area (Å²) in [5.41, 5.74) is 6.43. The van der Waals surface area contributed by atoms with Gasteiger partial charge in [0.25, 0.3) is 5.91 Å². The molecular weight excluding hydrogens is 292 g/mol. The monoisotopic (exact) mass is 310 g/mol. The quantitative estimate of drug-likeness (QED) is 0.656. The van der Waals surface area contributed by atoms with E-state index in [4.69, 9.17) is 4.74 Å². The summed E-state index contributed by atoms with van der Waals surface area (Å²) in [6, 6.07) is 16.6. The van der Waals surface area contributed by atoms with E-state index in [1.807, 2.05) is 48.5 Å². The minimum atomic E-state index is -0.408. The second kappa shape index (κ2) is 8.38. The number of amides is 2. The molecule has 0 heterocycles. The van der Waals surface area contributed by atoms with Gasteiger partial charge >= 0.3 is 0 Å². The van der Waals surface area contributed by atoms with Crippen molar-refractivity contribution in [3.63, 3.8) is 0 Å². The molecule has 2 rings (SSSR count). The number of benzene rings is 2. The predicted octanol–water partition coefficient (Wildman–Crippen LogP) is 2.10. The lowest BCUT2D eigenvalue weighted by atomic mass is 10.1. The van der Waals surface area contributed by atoms with Crippen LogP contribution in [0.5, 0.6) is 5.75 Å². The molecule has 0 atom stereocenters. The lowest BCUT2D eigenvalue weighted by Crippen LogP contribution is -2.41. The van der Waals surface area contributed by atoms with E-state index in [0.717, 1.165) is 11.1 Å². The zero-order valence-corrected chi connectivity index (χ0v) is 12.8. The number of carbonyl (C=O) groups excluding carboxylic acids is 2. The Kier molecular flexibility index (Phi) is 5.94. The largest absolute Gasteiger partial charge is 0.497 e. The van der Waals surface area contributed by atoms with Gasteiger partial charge in [-0.05, 0) is 29.3 Å². The topological polar surface area (TPSA) is 67.4 Å². The summed E-state index contributed by atoms with van der Waals surface area (Å²) in [6.45, 7) is 0. The molecule has 0 aliphatic carbocycles. The van der Waals surface area contributed by atoms with Gasteiger partial charge in [0.1, 0.15) is 5.75 Å². The second-order valence-corrected chi connectivity index (χ2v) is 4.81. The first-order chi connectivity index (χ1) is 11.2. The van der Waals surface area contributed by atoms with E-state index in [2.05, 4.69) is 10.9 Å². The van der Waals surface area contributed by atoms with Crippen LogP contribution in [0.2, 0.25) is 0 Å². The Balaban J connectivity index is 1.80. The average Bonchev–Trinajstić information content (AvgIpc) is 2.59. The van der Waals surface area contributed by atoms with Gasteiger partial charge in [-0.3, -0.25) is 20.4 Å². The molecular formula is C18H18N2O3. The summed E-state index contributed by atoms with van der Waals surface area (Å²) < 4.78 is 5.11. The van der Waals surface area contributed by atoms with Gasteiger partial charge in [-0.1, -0.05) is 42.5 Å². The first-order valence-corrected chi connectivity index (χ1v) is 7.12. The Hall–Kier alpha value is -3.08. The Morgan fingerprint density at radius 2 is 1.83 bits per heavy atom. The molecule has 0 radical (unpaired) electrons. The van der Waals surface area contributed by atoms with Crippen molar-refractivity contribution in [3.8, 4) is 5.75 Å². The molecule has 5 heteroatoms. The van der Waals surface area contributed by atoms with E-state index in [-0.39, 0.29) is 12.3 Å². The normalized spacial score (nSPS) is 10.3. The molecule has 23 heavy (non-hydrogen) atoms. The highest BCUT2D eigenvalue weighted by Crippen LogP contribution is 2.13. The molecule has 0 bridgehead atoms. The van der Waals surface area contributed by atoms with Crippen LogP contribution in [0.4, 0.5) is 0 Å². The van der Waals surface area contributed by atoms with E-state index in [9.17, 15) is 9.59 Å². The minimum absolute atomic E-state index is 0.209. The molecule has 0 aliphatic rings. The number of hydrogen-bond donors (Lipinski definition) is 2. The number of hydrogen-bond acceptors (Lipinski definition) is 3. The number of ether oxygens (including phenoxy) is 1. The highest BCUT2D eigenvalue weighted by atomic mass is 16.5. The third-order valence-corrected chi connectivity index (χ3v) is 3.05. The number of methoxy groups -OCH3 is 1. The van der Waals surface area contributed by atoms with Crippen molar-refractivity contribution in [1.82, 2.24) is 10.9 Å². The smallest absolute Gasteiger partial charge is 0.262 e. The molecule has 2 aromatic rings. The van der Waals surface area contributed by atoms with Crippen molar-refractivity contribution in [2.24, 2.45) is 0 Å². The summed E-state index contributed by atoms with van der Waals surface area (Å²) in [6.07, 6.45) is 3.19. The van der Waals surface area contributed by atoms with Crippen LogP contribution in [0.1, 0.15) is 11.1 Å². The molecule has 2 amide bonds. The number of nitrogens with one attached hydrogen (secondary N) is 2. The van der Waals surface area contributed by atoms with E-state index in [1.165, 1.54) is 6.08 Å². The summed E-state index contributed by atoms with van der Waals surface area (Å²) in [4.78, 5) is 23.4. The van der Waals surface area contributed by atoms with Gasteiger partial charge in [0, 0.05) is 6.08 Å². The number of hydrazine groups is 1. The molecule has 0 unspecified atom stereocenters. The fraction of sp³-hybridized carbons (Fsp3) is 0.111. The third-order valence-electron chi connectivity index (χ3n) is 3.05. The van der Waals surface area contributed by atoms with Gasteiger partial charge in [0.15, 0.2) is 0 Å². The van der Waals surface area contributed by atoms with Crippen molar-refractivity contribution < 1.29 is 14.3 Å². The Labute approximate surface area is 134 Å². The van der Waals surface area contributed by atoms with Crippen LogP contribution in [0.3, 0.4) is 0 Å². The van der Waals surface area contributed by atoms with Gasteiger partial charge in [-0.2, -0.15) is 0 Å². The van der Waals surface area contributed by atoms with Gasteiger partial charge < -0.3 is 4.74 Å². The second-order valence-electron chi connectivity index (χ2n) is 4.81. The standard InChI is InChI=1S/C18H18N2O3/c1-23-16-9-5-8-15(12-16)10-11-17(21)19-20-18(22)13-14-6-3-2-4-7-14/h2-12H,13H2,1H3,(H,19,21)(H,20,22)/b11-10+. The number of carbonyl (C=O) groups is 2. The van der Waals surface area contributed by atoms with Gasteiger partial charge in [0.2, 0.25) is 5.91 Å². The van der Waals surface area contributed by atoms with Crippen LogP contribution in [0, 0.1) is 0 Å². The zero-order valence-electron chi connectivity index (χ0n) is 12.8. The molecule has 5 nitrogen and oxygen atoms in total. The van der Waals surface area contributed by atoms with Crippen molar-refractivity contribution in [2.45, 2.75) is 6.42 Å². The lowest BCUT2D eigenvalue weighted by molar-refractivity contribution is -0.126.